The third-order valence-corrected chi connectivity index (χ3v) is 5.06. The van der Waals surface area contributed by atoms with Gasteiger partial charge in [0.15, 0.2) is 0 Å². The van der Waals surface area contributed by atoms with Gasteiger partial charge in [-0.25, -0.2) is 0 Å². The number of aryl methyl sites for hydroxylation is 1. The van der Waals surface area contributed by atoms with E-state index in [0.717, 1.165) is 51.0 Å². The van der Waals surface area contributed by atoms with Crippen molar-refractivity contribution in [2.24, 2.45) is 5.92 Å². The molecular formula is C21H31N5O2. The molecule has 0 radical (unpaired) electrons. The smallest absolute Gasteiger partial charge is 0.241 e. The maximum absolute atomic E-state index is 12.5. The van der Waals surface area contributed by atoms with Crippen LogP contribution in [0.25, 0.3) is 11.4 Å². The summed E-state index contributed by atoms with van der Waals surface area (Å²) in [7, 11) is 4.09. The van der Waals surface area contributed by atoms with E-state index in [4.69, 9.17) is 4.52 Å². The summed E-state index contributed by atoms with van der Waals surface area (Å²) in [6.45, 7) is 6.04. The topological polar surface area (TPSA) is 74.5 Å². The number of aromatic nitrogens is 2. The molecule has 1 saturated heterocycles. The Balaban J connectivity index is 1.50. The maximum Gasteiger partial charge on any atom is 0.241 e. The molecule has 1 aliphatic rings. The highest BCUT2D eigenvalue weighted by Crippen LogP contribution is 2.21. The number of nitrogens with one attached hydrogen (secondary N) is 1. The summed E-state index contributed by atoms with van der Waals surface area (Å²) < 4.78 is 5.45. The molecule has 0 saturated carbocycles. The zero-order chi connectivity index (χ0) is 19.9. The minimum absolute atomic E-state index is 0.0345. The third-order valence-electron chi connectivity index (χ3n) is 5.06. The van der Waals surface area contributed by atoms with Crippen molar-refractivity contribution >= 4 is 5.91 Å². The molecular weight excluding hydrogens is 354 g/mol. The summed E-state index contributed by atoms with van der Waals surface area (Å²) in [6.07, 6.45) is 2.92. The lowest BCUT2D eigenvalue weighted by Crippen LogP contribution is -2.43. The van der Waals surface area contributed by atoms with Gasteiger partial charge in [-0.1, -0.05) is 28.9 Å². The Morgan fingerprint density at radius 3 is 3.04 bits per heavy atom. The number of amides is 1. The van der Waals surface area contributed by atoms with Crippen molar-refractivity contribution in [1.29, 1.82) is 0 Å². The number of benzene rings is 1. The zero-order valence-electron chi connectivity index (χ0n) is 17.1. The number of hydrogen-bond donors (Lipinski definition) is 1. The Labute approximate surface area is 167 Å². The summed E-state index contributed by atoms with van der Waals surface area (Å²) in [5.74, 6) is 1.41. The van der Waals surface area contributed by atoms with Gasteiger partial charge in [0.05, 0.1) is 12.5 Å². The second kappa shape index (κ2) is 9.80. The Morgan fingerprint density at radius 1 is 1.39 bits per heavy atom. The van der Waals surface area contributed by atoms with E-state index in [1.807, 2.05) is 45.3 Å². The predicted molar refractivity (Wildman–Crippen MR) is 109 cm³/mol. The predicted octanol–water partition coefficient (Wildman–Crippen LogP) is 2.32. The fourth-order valence-corrected chi connectivity index (χ4v) is 3.58. The lowest BCUT2D eigenvalue weighted by Gasteiger charge is -2.30. The molecule has 1 amide bonds. The molecule has 1 aromatic carbocycles. The monoisotopic (exact) mass is 385 g/mol. The second-order valence-corrected chi connectivity index (χ2v) is 7.90. The maximum atomic E-state index is 12.5. The van der Waals surface area contributed by atoms with E-state index in [9.17, 15) is 4.79 Å². The van der Waals surface area contributed by atoms with Crippen LogP contribution in [0.4, 0.5) is 0 Å². The SMILES string of the molecule is Cc1cccc(-c2noc(CN3CCCC(C(=O)NCCCN(C)C)C3)n2)c1. The standard InChI is InChI=1S/C21H31N5O2/c1-16-7-4-8-17(13-16)20-23-19(28-24-20)15-26-12-5-9-18(14-26)21(27)22-10-6-11-25(2)3/h4,7-8,13,18H,5-6,9-12,14-15H2,1-3H3,(H,22,27). The number of rotatable bonds is 8. The minimum Gasteiger partial charge on any atom is -0.356 e. The Hall–Kier alpha value is -2.25. The van der Waals surface area contributed by atoms with Crippen LogP contribution in [0.3, 0.4) is 0 Å². The van der Waals surface area contributed by atoms with Crippen LogP contribution in [0.1, 0.15) is 30.7 Å². The number of hydrogen-bond acceptors (Lipinski definition) is 6. The van der Waals surface area contributed by atoms with Gasteiger partial charge in [0.25, 0.3) is 0 Å². The van der Waals surface area contributed by atoms with Crippen molar-refractivity contribution in [3.8, 4) is 11.4 Å². The summed E-state index contributed by atoms with van der Waals surface area (Å²) in [5, 5.41) is 7.19. The van der Waals surface area contributed by atoms with Crippen LogP contribution in [0.2, 0.25) is 0 Å². The van der Waals surface area contributed by atoms with Crippen LogP contribution in [0.15, 0.2) is 28.8 Å². The molecule has 3 rings (SSSR count). The van der Waals surface area contributed by atoms with Crippen molar-refractivity contribution in [2.45, 2.75) is 32.7 Å². The van der Waals surface area contributed by atoms with Crippen molar-refractivity contribution in [1.82, 2.24) is 25.3 Å². The van der Waals surface area contributed by atoms with E-state index in [1.54, 1.807) is 0 Å². The molecule has 152 valence electrons. The minimum atomic E-state index is 0.0345. The van der Waals surface area contributed by atoms with Gasteiger partial charge in [0.1, 0.15) is 0 Å². The molecule has 7 nitrogen and oxygen atoms in total. The first kappa shape index (κ1) is 20.5. The zero-order valence-corrected chi connectivity index (χ0v) is 17.1. The van der Waals surface area contributed by atoms with Gasteiger partial charge < -0.3 is 14.7 Å². The average molecular weight is 386 g/mol. The van der Waals surface area contributed by atoms with Crippen LogP contribution >= 0.6 is 0 Å². The molecule has 1 aliphatic heterocycles. The van der Waals surface area contributed by atoms with Crippen molar-refractivity contribution in [3.05, 3.63) is 35.7 Å². The van der Waals surface area contributed by atoms with Gasteiger partial charge >= 0.3 is 0 Å². The number of nitrogens with zero attached hydrogens (tertiary/aromatic N) is 4. The molecule has 7 heteroatoms. The lowest BCUT2D eigenvalue weighted by molar-refractivity contribution is -0.126. The summed E-state index contributed by atoms with van der Waals surface area (Å²) in [6, 6.07) is 8.07. The molecule has 1 unspecified atom stereocenters. The quantitative estimate of drug-likeness (QED) is 0.703. The number of carbonyl (C=O) groups excluding carboxylic acids is 1. The van der Waals surface area contributed by atoms with Crippen LogP contribution in [-0.2, 0) is 11.3 Å². The molecule has 1 fully saturated rings. The van der Waals surface area contributed by atoms with Crippen LogP contribution in [0.5, 0.6) is 0 Å². The van der Waals surface area contributed by atoms with E-state index in [-0.39, 0.29) is 11.8 Å². The van der Waals surface area contributed by atoms with Crippen LogP contribution < -0.4 is 5.32 Å². The molecule has 0 spiro atoms. The van der Waals surface area contributed by atoms with E-state index in [1.165, 1.54) is 5.56 Å². The van der Waals surface area contributed by atoms with Gasteiger partial charge in [0.2, 0.25) is 17.6 Å². The van der Waals surface area contributed by atoms with Crippen LogP contribution in [-0.4, -0.2) is 66.1 Å². The van der Waals surface area contributed by atoms with Crippen LogP contribution in [0, 0.1) is 12.8 Å². The summed E-state index contributed by atoms with van der Waals surface area (Å²) >= 11 is 0. The first-order valence-corrected chi connectivity index (χ1v) is 10.1. The first-order valence-electron chi connectivity index (χ1n) is 10.1. The Bertz CT molecular complexity index is 774. The molecule has 0 aliphatic carbocycles. The van der Waals surface area contributed by atoms with Crippen molar-refractivity contribution < 1.29 is 9.32 Å². The fraction of sp³-hybridized carbons (Fsp3) is 0.571. The normalized spacial score (nSPS) is 17.8. The molecule has 28 heavy (non-hydrogen) atoms. The molecule has 1 aromatic heterocycles. The third kappa shape index (κ3) is 5.87. The van der Waals surface area contributed by atoms with Gasteiger partial charge in [-0.05, 0) is 59.4 Å². The second-order valence-electron chi connectivity index (χ2n) is 7.90. The number of carbonyl (C=O) groups is 1. The van der Waals surface area contributed by atoms with E-state index < -0.39 is 0 Å². The summed E-state index contributed by atoms with van der Waals surface area (Å²) in [5.41, 5.74) is 2.13. The highest BCUT2D eigenvalue weighted by molar-refractivity contribution is 5.78. The van der Waals surface area contributed by atoms with E-state index >= 15 is 0 Å². The Kier molecular flexibility index (Phi) is 7.17. The molecule has 0 bridgehead atoms. The van der Waals surface area contributed by atoms with Gasteiger partial charge in [-0.15, -0.1) is 0 Å². The molecule has 2 heterocycles. The van der Waals surface area contributed by atoms with Gasteiger partial charge in [0, 0.05) is 18.7 Å². The fourth-order valence-electron chi connectivity index (χ4n) is 3.58. The number of likely N-dealkylation sites (tertiary alicyclic amines) is 1. The van der Waals surface area contributed by atoms with E-state index in [0.29, 0.717) is 18.3 Å². The number of piperidine rings is 1. The molecule has 1 N–H and O–H groups in total. The molecule has 1 atom stereocenters. The van der Waals surface area contributed by atoms with E-state index in [2.05, 4.69) is 25.3 Å². The Morgan fingerprint density at radius 2 is 2.25 bits per heavy atom. The highest BCUT2D eigenvalue weighted by Gasteiger charge is 2.26. The highest BCUT2D eigenvalue weighted by atomic mass is 16.5. The van der Waals surface area contributed by atoms with Crippen molar-refractivity contribution in [2.75, 3.05) is 40.3 Å². The first-order chi connectivity index (χ1) is 13.5. The summed E-state index contributed by atoms with van der Waals surface area (Å²) in [4.78, 5) is 21.4. The average Bonchev–Trinajstić information content (AvgIpc) is 3.13. The largest absolute Gasteiger partial charge is 0.356 e. The molecule has 2 aromatic rings. The van der Waals surface area contributed by atoms with Gasteiger partial charge in [-0.2, -0.15) is 4.98 Å². The van der Waals surface area contributed by atoms with Gasteiger partial charge in [-0.3, -0.25) is 9.69 Å². The lowest BCUT2D eigenvalue weighted by atomic mass is 9.97. The van der Waals surface area contributed by atoms with Crippen molar-refractivity contribution in [3.63, 3.8) is 0 Å².